The standard InChI is InChI=1S/C8H8BrFO/c9-7-2-1-3-8(6-7)11-5-4-10/h1-3,6H,4-5H2. The molecule has 0 aliphatic carbocycles. The normalized spacial score (nSPS) is 9.64. The van der Waals surface area contributed by atoms with E-state index in [1.807, 2.05) is 12.1 Å². The number of rotatable bonds is 3. The minimum Gasteiger partial charge on any atom is -0.491 e. The maximum Gasteiger partial charge on any atom is 0.123 e. The third kappa shape index (κ3) is 2.89. The molecular weight excluding hydrogens is 211 g/mol. The highest BCUT2D eigenvalue weighted by Gasteiger charge is 1.92. The predicted molar refractivity (Wildman–Crippen MR) is 45.6 cm³/mol. The van der Waals surface area contributed by atoms with Crippen molar-refractivity contribution in [2.24, 2.45) is 0 Å². The molecule has 0 aliphatic rings. The van der Waals surface area contributed by atoms with E-state index in [1.54, 1.807) is 12.1 Å². The van der Waals surface area contributed by atoms with E-state index in [0.717, 1.165) is 4.47 Å². The van der Waals surface area contributed by atoms with Crippen LogP contribution in [-0.2, 0) is 0 Å². The fraction of sp³-hybridized carbons (Fsp3) is 0.250. The van der Waals surface area contributed by atoms with E-state index >= 15 is 0 Å². The minimum absolute atomic E-state index is 0.121. The fourth-order valence-electron chi connectivity index (χ4n) is 0.713. The summed E-state index contributed by atoms with van der Waals surface area (Å²) >= 11 is 3.28. The van der Waals surface area contributed by atoms with Crippen molar-refractivity contribution in [3.05, 3.63) is 28.7 Å². The summed E-state index contributed by atoms with van der Waals surface area (Å²) in [4.78, 5) is 0. The largest absolute Gasteiger partial charge is 0.491 e. The Labute approximate surface area is 73.3 Å². The Morgan fingerprint density at radius 1 is 1.45 bits per heavy atom. The van der Waals surface area contributed by atoms with Crippen molar-refractivity contribution in [1.29, 1.82) is 0 Å². The molecule has 0 aliphatic heterocycles. The van der Waals surface area contributed by atoms with Gasteiger partial charge in [-0.15, -0.1) is 0 Å². The third-order valence-corrected chi connectivity index (χ3v) is 1.64. The van der Waals surface area contributed by atoms with Crippen LogP contribution < -0.4 is 4.74 Å². The smallest absolute Gasteiger partial charge is 0.123 e. The summed E-state index contributed by atoms with van der Waals surface area (Å²) in [6.07, 6.45) is 0. The summed E-state index contributed by atoms with van der Waals surface area (Å²) in [5, 5.41) is 0. The zero-order chi connectivity index (χ0) is 8.10. The van der Waals surface area contributed by atoms with Gasteiger partial charge in [-0.05, 0) is 18.2 Å². The minimum atomic E-state index is -0.452. The van der Waals surface area contributed by atoms with Crippen molar-refractivity contribution in [2.45, 2.75) is 0 Å². The molecular formula is C8H8BrFO. The Hall–Kier alpha value is -0.570. The first-order valence-electron chi connectivity index (χ1n) is 3.27. The molecule has 0 bridgehead atoms. The van der Waals surface area contributed by atoms with E-state index in [-0.39, 0.29) is 6.61 Å². The molecule has 0 saturated carbocycles. The summed E-state index contributed by atoms with van der Waals surface area (Å²) in [6.45, 7) is -0.330. The number of benzene rings is 1. The van der Waals surface area contributed by atoms with Crippen molar-refractivity contribution in [3.63, 3.8) is 0 Å². The van der Waals surface area contributed by atoms with Gasteiger partial charge in [-0.25, -0.2) is 4.39 Å². The molecule has 3 heteroatoms. The molecule has 0 spiro atoms. The van der Waals surface area contributed by atoms with E-state index < -0.39 is 6.67 Å². The lowest BCUT2D eigenvalue weighted by Crippen LogP contribution is -1.97. The topological polar surface area (TPSA) is 9.23 Å². The molecule has 0 saturated heterocycles. The first-order chi connectivity index (χ1) is 5.33. The van der Waals surface area contributed by atoms with Crippen LogP contribution in [0.25, 0.3) is 0 Å². The van der Waals surface area contributed by atoms with Crippen LogP contribution in [0.4, 0.5) is 4.39 Å². The van der Waals surface area contributed by atoms with Crippen LogP contribution in [0.5, 0.6) is 5.75 Å². The highest BCUT2D eigenvalue weighted by molar-refractivity contribution is 9.10. The lowest BCUT2D eigenvalue weighted by molar-refractivity contribution is 0.273. The summed E-state index contributed by atoms with van der Waals surface area (Å²) in [6, 6.07) is 7.33. The quantitative estimate of drug-likeness (QED) is 0.759. The lowest BCUT2D eigenvalue weighted by atomic mass is 10.3. The van der Waals surface area contributed by atoms with Gasteiger partial charge in [0.15, 0.2) is 0 Å². The summed E-state index contributed by atoms with van der Waals surface area (Å²) in [5.41, 5.74) is 0. The number of ether oxygens (including phenoxy) is 1. The molecule has 1 nitrogen and oxygen atoms in total. The van der Waals surface area contributed by atoms with Gasteiger partial charge in [0.25, 0.3) is 0 Å². The molecule has 60 valence electrons. The zero-order valence-electron chi connectivity index (χ0n) is 5.89. The second-order valence-electron chi connectivity index (χ2n) is 1.99. The van der Waals surface area contributed by atoms with Gasteiger partial charge in [-0.3, -0.25) is 0 Å². The second-order valence-corrected chi connectivity index (χ2v) is 2.91. The first kappa shape index (κ1) is 8.53. The van der Waals surface area contributed by atoms with E-state index in [0.29, 0.717) is 5.75 Å². The number of halogens is 2. The molecule has 0 atom stereocenters. The summed E-state index contributed by atoms with van der Waals surface area (Å²) in [7, 11) is 0. The molecule has 0 heterocycles. The molecule has 1 aromatic carbocycles. The SMILES string of the molecule is FCCOc1cccc(Br)c1. The molecule has 0 aromatic heterocycles. The highest BCUT2D eigenvalue weighted by atomic mass is 79.9. The van der Waals surface area contributed by atoms with E-state index in [4.69, 9.17) is 4.74 Å². The summed E-state index contributed by atoms with van der Waals surface area (Å²) < 4.78 is 17.6. The number of hydrogen-bond donors (Lipinski definition) is 0. The molecule has 1 aromatic rings. The van der Waals surface area contributed by atoms with Crippen LogP contribution in [0.15, 0.2) is 28.7 Å². The van der Waals surface area contributed by atoms with Crippen LogP contribution in [0.1, 0.15) is 0 Å². The van der Waals surface area contributed by atoms with E-state index in [2.05, 4.69) is 15.9 Å². The molecule has 0 amide bonds. The number of alkyl halides is 1. The van der Waals surface area contributed by atoms with Gasteiger partial charge < -0.3 is 4.74 Å². The Balaban J connectivity index is 2.56. The van der Waals surface area contributed by atoms with Gasteiger partial charge in [0.2, 0.25) is 0 Å². The molecule has 11 heavy (non-hydrogen) atoms. The molecule has 0 fully saturated rings. The summed E-state index contributed by atoms with van der Waals surface area (Å²) in [5.74, 6) is 0.692. The molecule has 0 radical (unpaired) electrons. The van der Waals surface area contributed by atoms with Gasteiger partial charge in [-0.2, -0.15) is 0 Å². The Bertz CT molecular complexity index is 227. The van der Waals surface area contributed by atoms with Crippen LogP contribution in [0, 0.1) is 0 Å². The van der Waals surface area contributed by atoms with Crippen molar-refractivity contribution >= 4 is 15.9 Å². The van der Waals surface area contributed by atoms with E-state index in [1.165, 1.54) is 0 Å². The highest BCUT2D eigenvalue weighted by Crippen LogP contribution is 2.17. The third-order valence-electron chi connectivity index (χ3n) is 1.14. The van der Waals surface area contributed by atoms with Gasteiger partial charge in [0, 0.05) is 4.47 Å². The van der Waals surface area contributed by atoms with Crippen molar-refractivity contribution in [3.8, 4) is 5.75 Å². The van der Waals surface area contributed by atoms with Gasteiger partial charge in [0.05, 0.1) is 0 Å². The second kappa shape index (κ2) is 4.34. The van der Waals surface area contributed by atoms with Crippen molar-refractivity contribution in [1.82, 2.24) is 0 Å². The Morgan fingerprint density at radius 2 is 2.27 bits per heavy atom. The first-order valence-corrected chi connectivity index (χ1v) is 4.06. The molecule has 1 rings (SSSR count). The number of hydrogen-bond acceptors (Lipinski definition) is 1. The van der Waals surface area contributed by atoms with Gasteiger partial charge in [0.1, 0.15) is 19.0 Å². The maximum absolute atomic E-state index is 11.6. The van der Waals surface area contributed by atoms with Crippen LogP contribution in [0.3, 0.4) is 0 Å². The molecule has 0 unspecified atom stereocenters. The van der Waals surface area contributed by atoms with Gasteiger partial charge in [-0.1, -0.05) is 22.0 Å². The lowest BCUT2D eigenvalue weighted by Gasteiger charge is -2.02. The van der Waals surface area contributed by atoms with E-state index in [9.17, 15) is 4.39 Å². The predicted octanol–water partition coefficient (Wildman–Crippen LogP) is 2.80. The van der Waals surface area contributed by atoms with Crippen LogP contribution in [-0.4, -0.2) is 13.3 Å². The monoisotopic (exact) mass is 218 g/mol. The maximum atomic E-state index is 11.6. The zero-order valence-corrected chi connectivity index (χ0v) is 7.47. The van der Waals surface area contributed by atoms with Gasteiger partial charge >= 0.3 is 0 Å². The van der Waals surface area contributed by atoms with Crippen molar-refractivity contribution < 1.29 is 9.13 Å². The van der Waals surface area contributed by atoms with Crippen LogP contribution >= 0.6 is 15.9 Å². The Morgan fingerprint density at radius 3 is 2.91 bits per heavy atom. The van der Waals surface area contributed by atoms with Crippen LogP contribution in [0.2, 0.25) is 0 Å². The Kier molecular flexibility index (Phi) is 3.36. The van der Waals surface area contributed by atoms with Crippen molar-refractivity contribution in [2.75, 3.05) is 13.3 Å². The average Bonchev–Trinajstić information content (AvgIpc) is 2.01. The average molecular weight is 219 g/mol. The fourth-order valence-corrected chi connectivity index (χ4v) is 1.09. The molecule has 0 N–H and O–H groups in total.